The normalized spacial score (nSPS) is 11.0. The SMILES string of the molecule is CCOc1ccc(NC(=NC)NCCCc2ccc(OC)cc2)cc1OC. The van der Waals surface area contributed by atoms with E-state index in [4.69, 9.17) is 14.2 Å². The zero-order valence-corrected chi connectivity index (χ0v) is 16.5. The molecule has 2 aromatic rings. The zero-order chi connectivity index (χ0) is 19.5. The third-order valence-electron chi connectivity index (χ3n) is 4.04. The molecule has 0 aliphatic carbocycles. The van der Waals surface area contributed by atoms with Crippen molar-refractivity contribution < 1.29 is 14.2 Å². The summed E-state index contributed by atoms with van der Waals surface area (Å²) < 4.78 is 16.1. The summed E-state index contributed by atoms with van der Waals surface area (Å²) in [6, 6.07) is 13.9. The number of benzene rings is 2. The van der Waals surface area contributed by atoms with Crippen LogP contribution in [-0.4, -0.2) is 40.4 Å². The lowest BCUT2D eigenvalue weighted by molar-refractivity contribution is 0.311. The predicted octanol–water partition coefficient (Wildman–Crippen LogP) is 3.72. The molecule has 0 spiro atoms. The Balaban J connectivity index is 1.83. The van der Waals surface area contributed by atoms with Crippen molar-refractivity contribution in [1.29, 1.82) is 0 Å². The van der Waals surface area contributed by atoms with Crippen molar-refractivity contribution in [3.05, 3.63) is 48.0 Å². The lowest BCUT2D eigenvalue weighted by Crippen LogP contribution is -2.31. The standard InChI is InChI=1S/C21H29N3O3/c1-5-27-19-13-10-17(15-20(19)26-4)24-21(22-2)23-14-6-7-16-8-11-18(25-3)12-9-16/h8-13,15H,5-7,14H2,1-4H3,(H2,22,23,24). The first-order valence-corrected chi connectivity index (χ1v) is 9.11. The van der Waals surface area contributed by atoms with Crippen LogP contribution in [0, 0.1) is 0 Å². The molecule has 2 N–H and O–H groups in total. The third kappa shape index (κ3) is 6.40. The third-order valence-corrected chi connectivity index (χ3v) is 4.04. The van der Waals surface area contributed by atoms with Crippen molar-refractivity contribution in [3.8, 4) is 17.2 Å². The average Bonchev–Trinajstić information content (AvgIpc) is 2.71. The van der Waals surface area contributed by atoms with Crippen LogP contribution >= 0.6 is 0 Å². The Labute approximate surface area is 161 Å². The summed E-state index contributed by atoms with van der Waals surface area (Å²) in [5.74, 6) is 3.02. The zero-order valence-electron chi connectivity index (χ0n) is 16.5. The smallest absolute Gasteiger partial charge is 0.195 e. The fourth-order valence-corrected chi connectivity index (χ4v) is 2.63. The van der Waals surface area contributed by atoms with Gasteiger partial charge < -0.3 is 24.8 Å². The molecule has 0 atom stereocenters. The summed E-state index contributed by atoms with van der Waals surface area (Å²) in [6.07, 6.45) is 1.99. The van der Waals surface area contributed by atoms with E-state index in [2.05, 4.69) is 27.8 Å². The van der Waals surface area contributed by atoms with E-state index in [1.54, 1.807) is 21.3 Å². The van der Waals surface area contributed by atoms with Gasteiger partial charge in [-0.3, -0.25) is 4.99 Å². The number of aliphatic imine (C=N–C) groups is 1. The van der Waals surface area contributed by atoms with Gasteiger partial charge in [-0.1, -0.05) is 12.1 Å². The molecule has 0 radical (unpaired) electrons. The van der Waals surface area contributed by atoms with E-state index in [9.17, 15) is 0 Å². The Morgan fingerprint density at radius 3 is 2.41 bits per heavy atom. The van der Waals surface area contributed by atoms with E-state index in [-0.39, 0.29) is 0 Å². The predicted molar refractivity (Wildman–Crippen MR) is 110 cm³/mol. The Morgan fingerprint density at radius 2 is 1.78 bits per heavy atom. The number of aryl methyl sites for hydroxylation is 1. The fraction of sp³-hybridized carbons (Fsp3) is 0.381. The van der Waals surface area contributed by atoms with E-state index in [1.165, 1.54) is 5.56 Å². The number of anilines is 1. The summed E-state index contributed by atoms with van der Waals surface area (Å²) in [5, 5.41) is 6.60. The van der Waals surface area contributed by atoms with Crippen LogP contribution < -0.4 is 24.8 Å². The highest BCUT2D eigenvalue weighted by Gasteiger charge is 2.07. The summed E-state index contributed by atoms with van der Waals surface area (Å²) in [6.45, 7) is 3.36. The Morgan fingerprint density at radius 1 is 1.00 bits per heavy atom. The minimum atomic E-state index is 0.598. The van der Waals surface area contributed by atoms with Gasteiger partial charge in [0.2, 0.25) is 0 Å². The minimum Gasteiger partial charge on any atom is -0.497 e. The highest BCUT2D eigenvalue weighted by atomic mass is 16.5. The quantitative estimate of drug-likeness (QED) is 0.400. The first-order chi connectivity index (χ1) is 13.2. The molecule has 146 valence electrons. The van der Waals surface area contributed by atoms with Crippen molar-refractivity contribution in [3.63, 3.8) is 0 Å². The van der Waals surface area contributed by atoms with Gasteiger partial charge in [0.1, 0.15) is 5.75 Å². The molecule has 0 aromatic heterocycles. The molecular formula is C21H29N3O3. The largest absolute Gasteiger partial charge is 0.497 e. The van der Waals surface area contributed by atoms with Gasteiger partial charge in [-0.2, -0.15) is 0 Å². The molecule has 2 aromatic carbocycles. The van der Waals surface area contributed by atoms with Gasteiger partial charge in [0.05, 0.1) is 20.8 Å². The maximum absolute atomic E-state index is 5.54. The van der Waals surface area contributed by atoms with Crippen LogP contribution in [0.15, 0.2) is 47.5 Å². The van der Waals surface area contributed by atoms with Crippen LogP contribution in [0.4, 0.5) is 5.69 Å². The molecule has 0 unspecified atom stereocenters. The van der Waals surface area contributed by atoms with Crippen LogP contribution in [0.3, 0.4) is 0 Å². The molecule has 0 heterocycles. The molecule has 2 rings (SSSR count). The lowest BCUT2D eigenvalue weighted by Gasteiger charge is -2.14. The van der Waals surface area contributed by atoms with Gasteiger partial charge in [-0.25, -0.2) is 0 Å². The van der Waals surface area contributed by atoms with E-state index in [1.807, 2.05) is 37.3 Å². The van der Waals surface area contributed by atoms with Crippen LogP contribution in [-0.2, 0) is 6.42 Å². The first-order valence-electron chi connectivity index (χ1n) is 9.11. The van der Waals surface area contributed by atoms with Crippen molar-refractivity contribution in [2.75, 3.05) is 39.7 Å². The van der Waals surface area contributed by atoms with Crippen molar-refractivity contribution in [2.45, 2.75) is 19.8 Å². The van der Waals surface area contributed by atoms with Crippen LogP contribution in [0.25, 0.3) is 0 Å². The maximum atomic E-state index is 5.54. The Kier molecular flexibility index (Phi) is 8.29. The molecule has 0 aliphatic rings. The highest BCUT2D eigenvalue weighted by Crippen LogP contribution is 2.30. The minimum absolute atomic E-state index is 0.598. The maximum Gasteiger partial charge on any atom is 0.195 e. The molecule has 0 bridgehead atoms. The number of ether oxygens (including phenoxy) is 3. The Hall–Kier alpha value is -2.89. The number of hydrogen-bond donors (Lipinski definition) is 2. The van der Waals surface area contributed by atoms with Gasteiger partial charge >= 0.3 is 0 Å². The van der Waals surface area contributed by atoms with Gasteiger partial charge in [0.15, 0.2) is 17.5 Å². The highest BCUT2D eigenvalue weighted by molar-refractivity contribution is 5.93. The fourth-order valence-electron chi connectivity index (χ4n) is 2.63. The molecular weight excluding hydrogens is 342 g/mol. The second-order valence-electron chi connectivity index (χ2n) is 5.87. The summed E-state index contributed by atoms with van der Waals surface area (Å²) >= 11 is 0. The molecule has 0 saturated heterocycles. The Bertz CT molecular complexity index is 730. The number of nitrogens with one attached hydrogen (secondary N) is 2. The van der Waals surface area contributed by atoms with Crippen molar-refractivity contribution in [1.82, 2.24) is 5.32 Å². The molecule has 0 saturated carbocycles. The number of guanidine groups is 1. The van der Waals surface area contributed by atoms with Gasteiger partial charge in [0, 0.05) is 25.3 Å². The second-order valence-corrected chi connectivity index (χ2v) is 5.87. The first kappa shape index (κ1) is 20.4. The monoisotopic (exact) mass is 371 g/mol. The molecule has 6 nitrogen and oxygen atoms in total. The molecule has 27 heavy (non-hydrogen) atoms. The molecule has 6 heteroatoms. The number of hydrogen-bond acceptors (Lipinski definition) is 4. The molecule has 0 fully saturated rings. The van der Waals surface area contributed by atoms with Crippen LogP contribution in [0.5, 0.6) is 17.2 Å². The molecule has 0 amide bonds. The van der Waals surface area contributed by atoms with Crippen molar-refractivity contribution in [2.24, 2.45) is 4.99 Å². The van der Waals surface area contributed by atoms with E-state index >= 15 is 0 Å². The summed E-state index contributed by atoms with van der Waals surface area (Å²) in [7, 11) is 5.07. The van der Waals surface area contributed by atoms with Gasteiger partial charge in [-0.05, 0) is 49.6 Å². The lowest BCUT2D eigenvalue weighted by atomic mass is 10.1. The topological polar surface area (TPSA) is 64.1 Å². The summed E-state index contributed by atoms with van der Waals surface area (Å²) in [4.78, 5) is 4.27. The number of methoxy groups -OCH3 is 2. The van der Waals surface area contributed by atoms with E-state index in [0.29, 0.717) is 12.4 Å². The van der Waals surface area contributed by atoms with Gasteiger partial charge in [-0.15, -0.1) is 0 Å². The number of rotatable bonds is 9. The second kappa shape index (κ2) is 11.0. The van der Waals surface area contributed by atoms with E-state index in [0.717, 1.165) is 42.5 Å². The number of nitrogens with zero attached hydrogens (tertiary/aromatic N) is 1. The molecule has 0 aliphatic heterocycles. The van der Waals surface area contributed by atoms with Crippen molar-refractivity contribution >= 4 is 11.6 Å². The van der Waals surface area contributed by atoms with Gasteiger partial charge in [0.25, 0.3) is 0 Å². The van der Waals surface area contributed by atoms with Crippen LogP contribution in [0.1, 0.15) is 18.9 Å². The average molecular weight is 371 g/mol. The van der Waals surface area contributed by atoms with Crippen LogP contribution in [0.2, 0.25) is 0 Å². The summed E-state index contributed by atoms with van der Waals surface area (Å²) in [5.41, 5.74) is 2.18. The van der Waals surface area contributed by atoms with E-state index < -0.39 is 0 Å².